The number of unbranched alkanes of at least 4 members (excludes halogenated alkanes) is 8. The summed E-state index contributed by atoms with van der Waals surface area (Å²) in [4.78, 5) is 10.4. The molecule has 0 saturated carbocycles. The quantitative estimate of drug-likeness (QED) is 0.241. The third-order valence-corrected chi connectivity index (χ3v) is 4.27. The molecular formula is C20H34O3. The molecule has 3 heteroatoms. The van der Waals surface area contributed by atoms with Gasteiger partial charge in [0, 0.05) is 6.42 Å². The number of rotatable bonds is 15. The summed E-state index contributed by atoms with van der Waals surface area (Å²) < 4.78 is 5.49. The van der Waals surface area contributed by atoms with Crippen LogP contribution in [0, 0.1) is 0 Å². The van der Waals surface area contributed by atoms with Crippen molar-refractivity contribution in [1.82, 2.24) is 0 Å². The maximum absolute atomic E-state index is 10.4. The van der Waals surface area contributed by atoms with Crippen molar-refractivity contribution in [2.75, 3.05) is 0 Å². The minimum absolute atomic E-state index is 0.205. The molecule has 1 fully saturated rings. The van der Waals surface area contributed by atoms with Gasteiger partial charge in [-0.25, -0.2) is 0 Å². The molecule has 1 rings (SSSR count). The van der Waals surface area contributed by atoms with Crippen LogP contribution < -0.4 is 0 Å². The molecule has 0 aromatic carbocycles. The van der Waals surface area contributed by atoms with Crippen molar-refractivity contribution in [3.05, 3.63) is 24.3 Å². The third kappa shape index (κ3) is 12.1. The molecule has 132 valence electrons. The van der Waals surface area contributed by atoms with Crippen molar-refractivity contribution >= 4 is 5.97 Å². The van der Waals surface area contributed by atoms with Gasteiger partial charge in [-0.3, -0.25) is 4.79 Å². The highest BCUT2D eigenvalue weighted by molar-refractivity contribution is 5.66. The van der Waals surface area contributed by atoms with Crippen LogP contribution in [0.15, 0.2) is 24.3 Å². The number of carbonyl (C=O) groups is 1. The standard InChI is InChI=1S/C20H34O3/c1-2-3-4-5-6-7-8-9-10-11-12-13-15-18-19(23-18)16-14-17-20(21)22/h11-13,15,18-19H,2-10,14,16-17H2,1H3,(H,21,22)/b12-11+,15-13+. The first-order chi connectivity index (χ1) is 11.2. The van der Waals surface area contributed by atoms with Gasteiger partial charge in [0.05, 0.1) is 6.10 Å². The molecule has 2 unspecified atom stereocenters. The Balaban J connectivity index is 1.86. The molecule has 0 aromatic rings. The van der Waals surface area contributed by atoms with E-state index in [1.54, 1.807) is 0 Å². The third-order valence-electron chi connectivity index (χ3n) is 4.27. The summed E-state index contributed by atoms with van der Waals surface area (Å²) >= 11 is 0. The van der Waals surface area contributed by atoms with E-state index in [1.165, 1.54) is 51.4 Å². The van der Waals surface area contributed by atoms with E-state index < -0.39 is 5.97 Å². The van der Waals surface area contributed by atoms with Gasteiger partial charge in [0.15, 0.2) is 0 Å². The van der Waals surface area contributed by atoms with Gasteiger partial charge in [-0.05, 0) is 25.7 Å². The molecule has 1 heterocycles. The lowest BCUT2D eigenvalue weighted by atomic mass is 10.1. The van der Waals surface area contributed by atoms with Gasteiger partial charge in [0.25, 0.3) is 0 Å². The van der Waals surface area contributed by atoms with Crippen LogP contribution in [0.5, 0.6) is 0 Å². The van der Waals surface area contributed by atoms with Gasteiger partial charge >= 0.3 is 5.97 Å². The Morgan fingerprint density at radius 1 is 1.00 bits per heavy atom. The molecular weight excluding hydrogens is 288 g/mol. The highest BCUT2D eigenvalue weighted by Crippen LogP contribution is 2.28. The van der Waals surface area contributed by atoms with Crippen molar-refractivity contribution in [1.29, 1.82) is 0 Å². The monoisotopic (exact) mass is 322 g/mol. The van der Waals surface area contributed by atoms with Crippen molar-refractivity contribution in [3.63, 3.8) is 0 Å². The van der Waals surface area contributed by atoms with Crippen LogP contribution in [-0.4, -0.2) is 23.3 Å². The zero-order chi connectivity index (χ0) is 16.8. The number of carboxylic acid groups (broad SMARTS) is 1. The molecule has 1 aliphatic heterocycles. The van der Waals surface area contributed by atoms with Crippen molar-refractivity contribution in [3.8, 4) is 0 Å². The van der Waals surface area contributed by atoms with Crippen LogP contribution in [0.2, 0.25) is 0 Å². The lowest BCUT2D eigenvalue weighted by molar-refractivity contribution is -0.137. The topological polar surface area (TPSA) is 49.8 Å². The normalized spacial score (nSPS) is 20.6. The zero-order valence-corrected chi connectivity index (χ0v) is 14.7. The number of hydrogen-bond donors (Lipinski definition) is 1. The minimum atomic E-state index is -0.721. The Labute approximate surface area is 141 Å². The SMILES string of the molecule is CCCCCCCCCC/C=C/C=C/C1OC1CCCC(=O)O. The Morgan fingerprint density at radius 3 is 2.39 bits per heavy atom. The van der Waals surface area contributed by atoms with E-state index in [-0.39, 0.29) is 18.6 Å². The minimum Gasteiger partial charge on any atom is -0.481 e. The van der Waals surface area contributed by atoms with E-state index in [2.05, 4.69) is 31.2 Å². The second-order valence-corrected chi connectivity index (χ2v) is 6.50. The first-order valence-corrected chi connectivity index (χ1v) is 9.44. The Hall–Kier alpha value is -1.09. The van der Waals surface area contributed by atoms with E-state index >= 15 is 0 Å². The highest BCUT2D eigenvalue weighted by Gasteiger charge is 2.35. The molecule has 1 N–H and O–H groups in total. The molecule has 0 bridgehead atoms. The average molecular weight is 322 g/mol. The van der Waals surface area contributed by atoms with Gasteiger partial charge in [0.1, 0.15) is 6.10 Å². The molecule has 0 aliphatic carbocycles. The largest absolute Gasteiger partial charge is 0.481 e. The van der Waals surface area contributed by atoms with E-state index in [1.807, 2.05) is 0 Å². The van der Waals surface area contributed by atoms with Crippen LogP contribution in [0.3, 0.4) is 0 Å². The summed E-state index contributed by atoms with van der Waals surface area (Å²) in [6, 6.07) is 0. The van der Waals surface area contributed by atoms with Crippen molar-refractivity contribution in [2.24, 2.45) is 0 Å². The summed E-state index contributed by atoms with van der Waals surface area (Å²) in [5.41, 5.74) is 0. The molecule has 0 spiro atoms. The fourth-order valence-corrected chi connectivity index (χ4v) is 2.76. The Morgan fingerprint density at radius 2 is 1.70 bits per heavy atom. The molecule has 2 atom stereocenters. The molecule has 1 aliphatic rings. The van der Waals surface area contributed by atoms with Gasteiger partial charge in [-0.1, -0.05) is 76.2 Å². The maximum Gasteiger partial charge on any atom is 0.303 e. The fraction of sp³-hybridized carbons (Fsp3) is 0.750. The zero-order valence-electron chi connectivity index (χ0n) is 14.7. The highest BCUT2D eigenvalue weighted by atomic mass is 16.6. The Kier molecular flexibility index (Phi) is 11.6. The molecule has 0 radical (unpaired) electrons. The summed E-state index contributed by atoms with van der Waals surface area (Å²) in [6.45, 7) is 2.26. The number of ether oxygens (including phenoxy) is 1. The van der Waals surface area contributed by atoms with Crippen LogP contribution >= 0.6 is 0 Å². The predicted octanol–water partition coefficient (Wildman–Crippen LogP) is 5.65. The Bertz CT molecular complexity index is 360. The van der Waals surface area contributed by atoms with E-state index in [4.69, 9.17) is 9.84 Å². The second-order valence-electron chi connectivity index (χ2n) is 6.50. The number of allylic oxidation sites excluding steroid dienone is 3. The molecule has 3 nitrogen and oxygen atoms in total. The predicted molar refractivity (Wildman–Crippen MR) is 95.7 cm³/mol. The van der Waals surface area contributed by atoms with Crippen LogP contribution in [-0.2, 0) is 9.53 Å². The maximum atomic E-state index is 10.4. The first-order valence-electron chi connectivity index (χ1n) is 9.44. The lowest BCUT2D eigenvalue weighted by Crippen LogP contribution is -1.97. The fourth-order valence-electron chi connectivity index (χ4n) is 2.76. The summed E-state index contributed by atoms with van der Waals surface area (Å²) in [5, 5.41) is 8.57. The van der Waals surface area contributed by atoms with Gasteiger partial charge < -0.3 is 9.84 Å². The van der Waals surface area contributed by atoms with Gasteiger partial charge in [0.2, 0.25) is 0 Å². The van der Waals surface area contributed by atoms with E-state index in [0.29, 0.717) is 6.42 Å². The lowest BCUT2D eigenvalue weighted by Gasteiger charge is -1.99. The summed E-state index contributed by atoms with van der Waals surface area (Å²) in [6.07, 6.45) is 22.8. The summed E-state index contributed by atoms with van der Waals surface area (Å²) in [7, 11) is 0. The van der Waals surface area contributed by atoms with Crippen LogP contribution in [0.1, 0.15) is 84.0 Å². The summed E-state index contributed by atoms with van der Waals surface area (Å²) in [5.74, 6) is -0.721. The van der Waals surface area contributed by atoms with Crippen LogP contribution in [0.25, 0.3) is 0 Å². The number of carboxylic acids is 1. The van der Waals surface area contributed by atoms with Crippen LogP contribution in [0.4, 0.5) is 0 Å². The second kappa shape index (κ2) is 13.4. The number of epoxide rings is 1. The molecule has 23 heavy (non-hydrogen) atoms. The smallest absolute Gasteiger partial charge is 0.303 e. The van der Waals surface area contributed by atoms with Gasteiger partial charge in [-0.2, -0.15) is 0 Å². The molecule has 1 saturated heterocycles. The van der Waals surface area contributed by atoms with Crippen molar-refractivity contribution in [2.45, 2.75) is 96.2 Å². The number of hydrogen-bond acceptors (Lipinski definition) is 2. The van der Waals surface area contributed by atoms with E-state index in [9.17, 15) is 4.79 Å². The van der Waals surface area contributed by atoms with Gasteiger partial charge in [-0.15, -0.1) is 0 Å². The number of aliphatic carboxylic acids is 1. The first kappa shape index (κ1) is 20.0. The molecule has 0 amide bonds. The molecule has 0 aromatic heterocycles. The average Bonchev–Trinajstić information content (AvgIpc) is 3.26. The van der Waals surface area contributed by atoms with Crippen molar-refractivity contribution < 1.29 is 14.6 Å². The van der Waals surface area contributed by atoms with E-state index in [0.717, 1.165) is 12.8 Å².